The molecular weight excluding hydrogens is 396 g/mol. The molecule has 1 aliphatic heterocycles. The van der Waals surface area contributed by atoms with Crippen molar-refractivity contribution in [2.24, 2.45) is 0 Å². The summed E-state index contributed by atoms with van der Waals surface area (Å²) in [6.07, 6.45) is 0.845. The molecule has 0 saturated carbocycles. The number of anilines is 1. The van der Waals surface area contributed by atoms with Crippen LogP contribution in [0.5, 0.6) is 11.5 Å². The van der Waals surface area contributed by atoms with E-state index in [2.05, 4.69) is 10.6 Å². The van der Waals surface area contributed by atoms with Gasteiger partial charge in [-0.1, -0.05) is 12.1 Å². The minimum absolute atomic E-state index is 0.0677. The number of aryl methyl sites for hydroxylation is 1. The molecule has 1 aliphatic carbocycles. The number of hydrogen-bond donors (Lipinski definition) is 2. The third kappa shape index (κ3) is 3.91. The van der Waals surface area contributed by atoms with E-state index in [0.29, 0.717) is 22.1 Å². The van der Waals surface area contributed by atoms with Crippen LogP contribution in [-0.4, -0.2) is 37.2 Å². The second-order valence-electron chi connectivity index (χ2n) is 6.59. The summed E-state index contributed by atoms with van der Waals surface area (Å²) < 4.78 is 16.1. The number of imide groups is 1. The molecule has 2 N–H and O–H groups in total. The molecule has 0 fully saturated rings. The molecule has 4 rings (SSSR count). The van der Waals surface area contributed by atoms with Crippen molar-refractivity contribution in [3.8, 4) is 11.5 Å². The Morgan fingerprint density at radius 1 is 1.21 bits per heavy atom. The van der Waals surface area contributed by atoms with Crippen molar-refractivity contribution in [3.05, 3.63) is 40.3 Å². The van der Waals surface area contributed by atoms with Crippen LogP contribution in [-0.2, 0) is 22.4 Å². The Kier molecular flexibility index (Phi) is 5.39. The van der Waals surface area contributed by atoms with E-state index in [-0.39, 0.29) is 13.2 Å². The summed E-state index contributed by atoms with van der Waals surface area (Å²) in [6.45, 7) is 1.88. The van der Waals surface area contributed by atoms with E-state index in [0.717, 1.165) is 29.7 Å². The predicted octanol–water partition coefficient (Wildman–Crippen LogP) is 2.90. The van der Waals surface area contributed by atoms with Gasteiger partial charge in [-0.15, -0.1) is 11.3 Å². The normalized spacial score (nSPS) is 16.7. The van der Waals surface area contributed by atoms with Crippen molar-refractivity contribution in [2.75, 3.05) is 18.5 Å². The minimum atomic E-state index is -0.845. The Labute approximate surface area is 171 Å². The molecule has 2 heterocycles. The van der Waals surface area contributed by atoms with Crippen LogP contribution in [0.25, 0.3) is 0 Å². The molecule has 0 saturated heterocycles. The van der Waals surface area contributed by atoms with E-state index in [1.54, 1.807) is 25.1 Å². The Morgan fingerprint density at radius 3 is 2.79 bits per heavy atom. The molecule has 8 nitrogen and oxygen atoms in total. The molecule has 1 aromatic heterocycles. The quantitative estimate of drug-likeness (QED) is 0.795. The van der Waals surface area contributed by atoms with E-state index in [9.17, 15) is 14.4 Å². The molecule has 2 aromatic rings. The molecule has 1 aromatic carbocycles. The van der Waals surface area contributed by atoms with Gasteiger partial charge >= 0.3 is 6.09 Å². The van der Waals surface area contributed by atoms with Gasteiger partial charge in [-0.3, -0.25) is 14.9 Å². The highest BCUT2D eigenvalue weighted by Gasteiger charge is 2.32. The molecular formula is C20H20N2O6S. The number of hydrogen-bond acceptors (Lipinski definition) is 7. The molecule has 2 aliphatic rings. The monoisotopic (exact) mass is 416 g/mol. The first-order valence-corrected chi connectivity index (χ1v) is 10.2. The largest absolute Gasteiger partial charge is 0.485 e. The number of nitrogens with one attached hydrogen (secondary N) is 2. The van der Waals surface area contributed by atoms with Gasteiger partial charge in [0.1, 0.15) is 11.6 Å². The maximum absolute atomic E-state index is 12.8. The number of alkyl carbamates (subject to hydrolysis) is 1. The van der Waals surface area contributed by atoms with Crippen molar-refractivity contribution in [2.45, 2.75) is 32.3 Å². The van der Waals surface area contributed by atoms with Gasteiger partial charge in [-0.25, -0.2) is 4.79 Å². The standard InChI is InChI=1S/C20H20N2O6S/c1-2-26-20(25)22-18(24)16-11-6-5-9-15(11)29-19(16)21-17(23)14-10-27-12-7-3-4-8-13(12)28-14/h3-4,7-8,14H,2,5-6,9-10H2,1H3,(H,21,23)(H,22,24,25)/t14-/m1/s1. The zero-order valence-electron chi connectivity index (χ0n) is 15.8. The number of thiophene rings is 1. The minimum Gasteiger partial charge on any atom is -0.485 e. The SMILES string of the molecule is CCOC(=O)NC(=O)c1c(NC(=O)[C@H]2COc3ccccc3O2)sc2c1CCC2. The molecule has 1 atom stereocenters. The van der Waals surface area contributed by atoms with Crippen LogP contribution in [0.3, 0.4) is 0 Å². The number of benzene rings is 1. The fourth-order valence-electron chi connectivity index (χ4n) is 3.40. The van der Waals surface area contributed by atoms with Crippen LogP contribution < -0.4 is 20.1 Å². The van der Waals surface area contributed by atoms with Crippen molar-refractivity contribution in [1.29, 1.82) is 0 Å². The lowest BCUT2D eigenvalue weighted by atomic mass is 10.1. The topological polar surface area (TPSA) is 103 Å². The van der Waals surface area contributed by atoms with Crippen molar-refractivity contribution in [3.63, 3.8) is 0 Å². The summed E-state index contributed by atoms with van der Waals surface area (Å²) in [5.41, 5.74) is 1.19. The molecule has 9 heteroatoms. The van der Waals surface area contributed by atoms with Crippen LogP contribution in [0.1, 0.15) is 34.1 Å². The van der Waals surface area contributed by atoms with Gasteiger partial charge in [0.25, 0.3) is 11.8 Å². The van der Waals surface area contributed by atoms with Gasteiger partial charge in [0.05, 0.1) is 12.2 Å². The predicted molar refractivity (Wildman–Crippen MR) is 106 cm³/mol. The number of amides is 3. The van der Waals surface area contributed by atoms with Crippen LogP contribution in [0.15, 0.2) is 24.3 Å². The lowest BCUT2D eigenvalue weighted by Gasteiger charge is -2.25. The van der Waals surface area contributed by atoms with Crippen LogP contribution in [0.2, 0.25) is 0 Å². The zero-order valence-corrected chi connectivity index (χ0v) is 16.6. The van der Waals surface area contributed by atoms with E-state index >= 15 is 0 Å². The van der Waals surface area contributed by atoms with E-state index in [4.69, 9.17) is 14.2 Å². The number of fused-ring (bicyclic) bond motifs is 2. The summed E-state index contributed by atoms with van der Waals surface area (Å²) in [7, 11) is 0. The smallest absolute Gasteiger partial charge is 0.414 e. The van der Waals surface area contributed by atoms with Crippen LogP contribution in [0.4, 0.5) is 9.80 Å². The number of carbonyl (C=O) groups excluding carboxylic acids is 3. The number of rotatable bonds is 4. The Hall–Kier alpha value is -3.07. The molecule has 0 bridgehead atoms. The van der Waals surface area contributed by atoms with Crippen molar-refractivity contribution >= 4 is 34.2 Å². The fraction of sp³-hybridized carbons (Fsp3) is 0.350. The molecule has 152 valence electrons. The van der Waals surface area contributed by atoms with E-state index in [1.807, 2.05) is 6.07 Å². The number of carbonyl (C=O) groups is 3. The third-order valence-corrected chi connectivity index (χ3v) is 5.88. The maximum atomic E-state index is 12.8. The highest BCUT2D eigenvalue weighted by Crippen LogP contribution is 2.39. The second kappa shape index (κ2) is 8.12. The lowest BCUT2D eigenvalue weighted by molar-refractivity contribution is -0.125. The average molecular weight is 416 g/mol. The van der Waals surface area contributed by atoms with Crippen molar-refractivity contribution in [1.82, 2.24) is 5.32 Å². The van der Waals surface area contributed by atoms with Gasteiger partial charge in [0.15, 0.2) is 11.5 Å². The van der Waals surface area contributed by atoms with Gasteiger partial charge < -0.3 is 19.5 Å². The highest BCUT2D eigenvalue weighted by atomic mass is 32.1. The Morgan fingerprint density at radius 2 is 2.00 bits per heavy atom. The van der Waals surface area contributed by atoms with Crippen LogP contribution in [0, 0.1) is 0 Å². The zero-order chi connectivity index (χ0) is 20.4. The third-order valence-electron chi connectivity index (χ3n) is 4.68. The van der Waals surface area contributed by atoms with Gasteiger partial charge in [0.2, 0.25) is 6.10 Å². The Balaban J connectivity index is 1.52. The van der Waals surface area contributed by atoms with Crippen LogP contribution >= 0.6 is 11.3 Å². The van der Waals surface area contributed by atoms with Crippen molar-refractivity contribution < 1.29 is 28.6 Å². The fourth-order valence-corrected chi connectivity index (χ4v) is 4.69. The summed E-state index contributed by atoms with van der Waals surface area (Å²) in [6, 6.07) is 7.12. The summed E-state index contributed by atoms with van der Waals surface area (Å²) in [5, 5.41) is 5.41. The first-order chi connectivity index (χ1) is 14.1. The number of ether oxygens (including phenoxy) is 3. The highest BCUT2D eigenvalue weighted by molar-refractivity contribution is 7.17. The molecule has 3 amide bonds. The summed E-state index contributed by atoms with van der Waals surface area (Å²) in [4.78, 5) is 38.2. The molecule has 0 spiro atoms. The second-order valence-corrected chi connectivity index (χ2v) is 7.69. The summed E-state index contributed by atoms with van der Waals surface area (Å²) in [5.74, 6) is 0.0860. The maximum Gasteiger partial charge on any atom is 0.414 e. The Bertz CT molecular complexity index is 970. The van der Waals surface area contributed by atoms with E-state index < -0.39 is 24.0 Å². The van der Waals surface area contributed by atoms with Gasteiger partial charge in [0, 0.05) is 4.88 Å². The summed E-state index contributed by atoms with van der Waals surface area (Å²) >= 11 is 1.35. The molecule has 0 radical (unpaired) electrons. The van der Waals surface area contributed by atoms with Gasteiger partial charge in [-0.05, 0) is 43.9 Å². The van der Waals surface area contributed by atoms with Gasteiger partial charge in [-0.2, -0.15) is 0 Å². The first kappa shape index (κ1) is 19.3. The average Bonchev–Trinajstić information content (AvgIpc) is 3.28. The molecule has 0 unspecified atom stereocenters. The lowest BCUT2D eigenvalue weighted by Crippen LogP contribution is -2.40. The number of para-hydroxylation sites is 2. The first-order valence-electron chi connectivity index (χ1n) is 9.38. The molecule has 29 heavy (non-hydrogen) atoms. The van der Waals surface area contributed by atoms with E-state index in [1.165, 1.54) is 11.3 Å².